The second-order valence-corrected chi connectivity index (χ2v) is 14.4. The van der Waals surface area contributed by atoms with E-state index in [0.717, 1.165) is 83.5 Å². The Bertz CT molecular complexity index is 782. The minimum Gasteiger partial charge on any atom is -0.462 e. The largest absolute Gasteiger partial charge is 0.462 e. The zero-order valence-electron chi connectivity index (χ0n) is 32.6. The molecule has 1 amide bonds. The number of allylic oxidation sites excluding steroid dienone is 4. The van der Waals surface area contributed by atoms with Crippen LogP contribution in [0, 0.1) is 0 Å². The number of esters is 1. The second kappa shape index (κ2) is 37.6. The predicted octanol–water partition coefficient (Wildman–Crippen LogP) is 11.6. The van der Waals surface area contributed by atoms with Gasteiger partial charge in [0.2, 0.25) is 5.91 Å². The highest BCUT2D eigenvalue weighted by atomic mass is 16.5. The third-order valence-corrected chi connectivity index (χ3v) is 9.48. The van der Waals surface area contributed by atoms with Gasteiger partial charge in [0.05, 0.1) is 25.2 Å². The van der Waals surface area contributed by atoms with Crippen molar-refractivity contribution >= 4 is 11.9 Å². The molecule has 0 aromatic heterocycles. The van der Waals surface area contributed by atoms with Crippen LogP contribution in [0.4, 0.5) is 0 Å². The molecule has 49 heavy (non-hydrogen) atoms. The monoisotopic (exact) mass is 692 g/mol. The molecule has 0 aromatic rings. The van der Waals surface area contributed by atoms with E-state index in [1.165, 1.54) is 83.5 Å². The van der Waals surface area contributed by atoms with Gasteiger partial charge in [0.15, 0.2) is 0 Å². The first-order valence-corrected chi connectivity index (χ1v) is 21.1. The second-order valence-electron chi connectivity index (χ2n) is 14.4. The maximum atomic E-state index is 13.0. The van der Waals surface area contributed by atoms with Gasteiger partial charge in [0, 0.05) is 6.42 Å². The molecule has 0 aliphatic rings. The molecule has 288 valence electrons. The summed E-state index contributed by atoms with van der Waals surface area (Å²) in [6, 6.07) is -0.700. The van der Waals surface area contributed by atoms with Crippen molar-refractivity contribution in [3.63, 3.8) is 0 Å². The highest BCUT2D eigenvalue weighted by Gasteiger charge is 2.24. The highest BCUT2D eigenvalue weighted by Crippen LogP contribution is 2.17. The number of carbonyl (C=O) groups is 2. The number of unbranched alkanes of at least 4 members (excludes halogenated alkanes) is 21. The van der Waals surface area contributed by atoms with Crippen molar-refractivity contribution < 1.29 is 24.5 Å². The lowest BCUT2D eigenvalue weighted by molar-refractivity contribution is -0.151. The molecule has 0 fully saturated rings. The summed E-state index contributed by atoms with van der Waals surface area (Å²) >= 11 is 0. The Morgan fingerprint density at radius 3 is 1.61 bits per heavy atom. The normalized spacial score (nSPS) is 13.7. The van der Waals surface area contributed by atoms with Gasteiger partial charge < -0.3 is 20.3 Å². The Morgan fingerprint density at radius 2 is 1.04 bits per heavy atom. The van der Waals surface area contributed by atoms with E-state index in [4.69, 9.17) is 4.74 Å². The van der Waals surface area contributed by atoms with Gasteiger partial charge in [-0.1, -0.05) is 161 Å². The van der Waals surface area contributed by atoms with Crippen molar-refractivity contribution in [3.8, 4) is 0 Å². The molecule has 3 N–H and O–H groups in total. The topological polar surface area (TPSA) is 95.9 Å². The lowest BCUT2D eigenvalue weighted by Crippen LogP contribution is -2.46. The summed E-state index contributed by atoms with van der Waals surface area (Å²) in [6.07, 6.45) is 39.6. The third kappa shape index (κ3) is 33.3. The average Bonchev–Trinajstić information content (AvgIpc) is 3.09. The van der Waals surface area contributed by atoms with E-state index in [2.05, 4.69) is 50.4 Å². The molecule has 0 heterocycles. The number of amides is 1. The summed E-state index contributed by atoms with van der Waals surface area (Å²) in [7, 11) is 0. The van der Waals surface area contributed by atoms with Gasteiger partial charge in [-0.05, 0) is 64.2 Å². The quantitative estimate of drug-likeness (QED) is 0.0342. The van der Waals surface area contributed by atoms with Crippen molar-refractivity contribution in [1.29, 1.82) is 0 Å². The Morgan fingerprint density at radius 1 is 0.571 bits per heavy atom. The lowest BCUT2D eigenvalue weighted by Gasteiger charge is -2.24. The third-order valence-electron chi connectivity index (χ3n) is 9.48. The van der Waals surface area contributed by atoms with E-state index in [9.17, 15) is 19.8 Å². The first kappa shape index (κ1) is 47.3. The van der Waals surface area contributed by atoms with Gasteiger partial charge in [0.25, 0.3) is 0 Å². The van der Waals surface area contributed by atoms with E-state index in [0.29, 0.717) is 19.3 Å². The first-order chi connectivity index (χ1) is 24.0. The van der Waals surface area contributed by atoms with E-state index >= 15 is 0 Å². The molecule has 0 aliphatic carbocycles. The molecule has 6 heteroatoms. The number of aliphatic hydroxyl groups is 2. The lowest BCUT2D eigenvalue weighted by atomic mass is 10.0. The van der Waals surface area contributed by atoms with Gasteiger partial charge in [0.1, 0.15) is 6.10 Å². The molecule has 3 unspecified atom stereocenters. The Balaban J connectivity index is 4.58. The summed E-state index contributed by atoms with van der Waals surface area (Å²) in [4.78, 5) is 25.8. The molecule has 0 rings (SSSR count). The number of aliphatic hydroxyl groups excluding tert-OH is 2. The maximum Gasteiger partial charge on any atom is 0.306 e. The van der Waals surface area contributed by atoms with E-state index in [-0.39, 0.29) is 24.9 Å². The predicted molar refractivity (Wildman–Crippen MR) is 209 cm³/mol. The number of nitrogens with one attached hydrogen (secondary N) is 1. The fraction of sp³-hybridized carbons (Fsp3) is 0.860. The van der Waals surface area contributed by atoms with Crippen molar-refractivity contribution in [2.45, 2.75) is 232 Å². The molecule has 0 aliphatic heterocycles. The first-order valence-electron chi connectivity index (χ1n) is 21.1. The number of ether oxygens (including phenoxy) is 1. The van der Waals surface area contributed by atoms with Crippen molar-refractivity contribution in [3.05, 3.63) is 24.3 Å². The van der Waals surface area contributed by atoms with Crippen LogP contribution in [0.15, 0.2) is 24.3 Å². The zero-order chi connectivity index (χ0) is 36.0. The SMILES string of the molecule is CCC/C=C\CCCCCCCC(=O)OC(CCCCC/C=C\CCCC)CC(=O)NC(CO)C(O)CCCCCCCCCCCCC. The molecule has 0 saturated carbocycles. The Kier molecular flexibility index (Phi) is 36.3. The van der Waals surface area contributed by atoms with Crippen LogP contribution in [-0.4, -0.2) is 46.9 Å². The summed E-state index contributed by atoms with van der Waals surface area (Å²) in [6.45, 7) is 6.34. The molecule has 6 nitrogen and oxygen atoms in total. The van der Waals surface area contributed by atoms with Crippen LogP contribution < -0.4 is 5.32 Å². The van der Waals surface area contributed by atoms with Gasteiger partial charge >= 0.3 is 5.97 Å². The molecule has 0 bridgehead atoms. The molecular formula is C43H81NO5. The van der Waals surface area contributed by atoms with Gasteiger partial charge in [-0.25, -0.2) is 0 Å². The van der Waals surface area contributed by atoms with E-state index in [1.54, 1.807) is 0 Å². The average molecular weight is 692 g/mol. The van der Waals surface area contributed by atoms with Crippen LogP contribution >= 0.6 is 0 Å². The number of rotatable bonds is 37. The molecule has 0 radical (unpaired) electrons. The minimum atomic E-state index is -0.786. The van der Waals surface area contributed by atoms with Crippen molar-refractivity contribution in [2.75, 3.05) is 6.61 Å². The van der Waals surface area contributed by atoms with Gasteiger partial charge in [-0.15, -0.1) is 0 Å². The summed E-state index contributed by atoms with van der Waals surface area (Å²) in [5.74, 6) is -0.504. The molecule has 0 aromatic carbocycles. The van der Waals surface area contributed by atoms with Crippen molar-refractivity contribution in [1.82, 2.24) is 5.32 Å². The summed E-state index contributed by atoms with van der Waals surface area (Å²) in [5, 5.41) is 23.5. The molecule has 0 spiro atoms. The van der Waals surface area contributed by atoms with Crippen molar-refractivity contribution in [2.24, 2.45) is 0 Å². The van der Waals surface area contributed by atoms with E-state index < -0.39 is 18.2 Å². The van der Waals surface area contributed by atoms with E-state index in [1.807, 2.05) is 0 Å². The molecule has 0 saturated heterocycles. The summed E-state index contributed by atoms with van der Waals surface area (Å²) in [5.41, 5.74) is 0. The fourth-order valence-electron chi connectivity index (χ4n) is 6.24. The maximum absolute atomic E-state index is 13.0. The number of carbonyl (C=O) groups excluding carboxylic acids is 2. The number of hydrogen-bond donors (Lipinski definition) is 3. The van der Waals surface area contributed by atoms with Crippen LogP contribution in [0.1, 0.15) is 213 Å². The molecule has 3 atom stereocenters. The highest BCUT2D eigenvalue weighted by molar-refractivity contribution is 5.77. The van der Waals surface area contributed by atoms with Gasteiger partial charge in [-0.3, -0.25) is 9.59 Å². The fourth-order valence-corrected chi connectivity index (χ4v) is 6.24. The Hall–Kier alpha value is -1.66. The molecular weight excluding hydrogens is 610 g/mol. The van der Waals surface area contributed by atoms with Crippen LogP contribution in [-0.2, 0) is 14.3 Å². The standard InChI is InChI=1S/C43H81NO5/c1-4-7-10-13-16-19-21-23-26-29-32-35-41(46)40(38-45)44-42(47)37-39(34-31-28-25-22-18-15-12-9-6-3)49-43(48)36-33-30-27-24-20-17-14-11-8-5-2/h11,14-15,18,39-41,45-46H,4-10,12-13,16-17,19-38H2,1-3H3,(H,44,47)/b14-11-,18-15-. The Labute approximate surface area is 303 Å². The number of hydrogen-bond acceptors (Lipinski definition) is 5. The van der Waals surface area contributed by atoms with Crippen LogP contribution in [0.5, 0.6) is 0 Å². The van der Waals surface area contributed by atoms with Gasteiger partial charge in [-0.2, -0.15) is 0 Å². The minimum absolute atomic E-state index is 0.0654. The van der Waals surface area contributed by atoms with Crippen LogP contribution in [0.3, 0.4) is 0 Å². The zero-order valence-corrected chi connectivity index (χ0v) is 32.6. The van der Waals surface area contributed by atoms with Crippen LogP contribution in [0.25, 0.3) is 0 Å². The smallest absolute Gasteiger partial charge is 0.306 e. The summed E-state index contributed by atoms with van der Waals surface area (Å²) < 4.78 is 5.85. The van der Waals surface area contributed by atoms with Crippen LogP contribution in [0.2, 0.25) is 0 Å².